The molecule has 0 saturated heterocycles. The van der Waals surface area contributed by atoms with Gasteiger partial charge < -0.3 is 15.0 Å². The van der Waals surface area contributed by atoms with Crippen LogP contribution in [0, 0.1) is 0 Å². The summed E-state index contributed by atoms with van der Waals surface area (Å²) in [4.78, 5) is 21.8. The van der Waals surface area contributed by atoms with E-state index in [0.29, 0.717) is 5.57 Å². The second-order valence-electron chi connectivity index (χ2n) is 3.81. The van der Waals surface area contributed by atoms with Crippen LogP contribution in [0.15, 0.2) is 45.8 Å². The van der Waals surface area contributed by atoms with Gasteiger partial charge in [-0.25, -0.2) is 0 Å². The van der Waals surface area contributed by atoms with Crippen molar-refractivity contribution < 1.29 is 14.5 Å². The predicted molar refractivity (Wildman–Crippen MR) is 78.6 cm³/mol. The largest absolute Gasteiger partial charge is 0.398 e. The molecule has 0 fully saturated rings. The molecule has 1 N–H and O–H groups in total. The highest BCUT2D eigenvalue weighted by atomic mass is 16.6. The summed E-state index contributed by atoms with van der Waals surface area (Å²) in [5.74, 6) is -0.321. The van der Waals surface area contributed by atoms with Crippen LogP contribution in [0.4, 0.5) is 0 Å². The normalized spacial score (nSPS) is 15.4. The Morgan fingerprint density at radius 3 is 3.00 bits per heavy atom. The molecule has 6 heteroatoms. The van der Waals surface area contributed by atoms with Crippen molar-refractivity contribution >= 4 is 17.8 Å². The van der Waals surface area contributed by atoms with Gasteiger partial charge in [-0.2, -0.15) is 0 Å². The molecule has 0 aliphatic heterocycles. The zero-order chi connectivity index (χ0) is 14.8. The molecule has 20 heavy (non-hydrogen) atoms. The molecule has 0 aromatic carbocycles. The Hall–Kier alpha value is -2.37. The molecule has 1 aliphatic rings. The van der Waals surface area contributed by atoms with Crippen LogP contribution in [0.3, 0.4) is 0 Å². The molecule has 1 rings (SSSR count). The van der Waals surface area contributed by atoms with Crippen molar-refractivity contribution in [3.8, 4) is 0 Å². The average Bonchev–Trinajstić information content (AvgIpc) is 2.70. The van der Waals surface area contributed by atoms with Crippen molar-refractivity contribution in [2.45, 2.75) is 13.3 Å². The van der Waals surface area contributed by atoms with E-state index >= 15 is 0 Å². The third-order valence-electron chi connectivity index (χ3n) is 2.53. The van der Waals surface area contributed by atoms with Crippen LogP contribution in [0.5, 0.6) is 0 Å². The van der Waals surface area contributed by atoms with Crippen molar-refractivity contribution in [2.75, 3.05) is 20.8 Å². The number of amides is 1. The second kappa shape index (κ2) is 8.68. The number of allylic oxidation sites excluding steroid dienone is 4. The lowest BCUT2D eigenvalue weighted by molar-refractivity contribution is -0.114. The molecular formula is C14H19N3O3. The molecule has 0 atom stereocenters. The highest BCUT2D eigenvalue weighted by molar-refractivity contribution is 6.46. The lowest BCUT2D eigenvalue weighted by atomic mass is 10.0. The maximum Gasteiger partial charge on any atom is 0.273 e. The van der Waals surface area contributed by atoms with E-state index in [1.165, 1.54) is 7.11 Å². The minimum absolute atomic E-state index is 0.205. The van der Waals surface area contributed by atoms with Crippen molar-refractivity contribution in [1.29, 1.82) is 0 Å². The van der Waals surface area contributed by atoms with E-state index in [9.17, 15) is 4.79 Å². The van der Waals surface area contributed by atoms with Gasteiger partial charge >= 0.3 is 0 Å². The number of hydrogen-bond donors (Lipinski definition) is 1. The Morgan fingerprint density at radius 2 is 2.35 bits per heavy atom. The first-order chi connectivity index (χ1) is 9.74. The Balaban J connectivity index is 3.06. The zero-order valence-electron chi connectivity index (χ0n) is 11.9. The molecule has 0 radical (unpaired) electrons. The van der Waals surface area contributed by atoms with Crippen LogP contribution >= 0.6 is 0 Å². The summed E-state index contributed by atoms with van der Waals surface area (Å²) in [5, 5.41) is 10.1. The standard InChI is InChI=1S/C14H19N3O3/c1-4-16-20-10-11-8-6-5-7-9-12(11)13(17-19-3)14(18)15-2/h4-5,7-9H,6,10H2,1-3H3,(H,15,18)/b16-4+,17-13+. The summed E-state index contributed by atoms with van der Waals surface area (Å²) in [5.41, 5.74) is 1.70. The smallest absolute Gasteiger partial charge is 0.273 e. The van der Waals surface area contributed by atoms with Crippen LogP contribution in [-0.2, 0) is 14.5 Å². The molecule has 108 valence electrons. The Kier molecular flexibility index (Phi) is 6.81. The second-order valence-corrected chi connectivity index (χ2v) is 3.81. The Morgan fingerprint density at radius 1 is 1.55 bits per heavy atom. The molecule has 0 spiro atoms. The highest BCUT2D eigenvalue weighted by Crippen LogP contribution is 2.18. The van der Waals surface area contributed by atoms with Crippen LogP contribution in [-0.4, -0.2) is 38.6 Å². The third-order valence-corrected chi connectivity index (χ3v) is 2.53. The summed E-state index contributed by atoms with van der Waals surface area (Å²) in [6.45, 7) is 2.03. The van der Waals surface area contributed by atoms with Gasteiger partial charge in [0.15, 0.2) is 5.71 Å². The van der Waals surface area contributed by atoms with Gasteiger partial charge in [0.05, 0.1) is 0 Å². The summed E-state index contributed by atoms with van der Waals surface area (Å²) < 4.78 is 0. The monoisotopic (exact) mass is 277 g/mol. The Bertz CT molecular complexity index is 488. The number of hydrogen-bond acceptors (Lipinski definition) is 5. The molecule has 0 heterocycles. The molecule has 0 aromatic rings. The maximum atomic E-state index is 11.9. The summed E-state index contributed by atoms with van der Waals surface area (Å²) in [7, 11) is 2.94. The first-order valence-corrected chi connectivity index (χ1v) is 6.24. The Labute approximate surface area is 118 Å². The molecular weight excluding hydrogens is 258 g/mol. The van der Waals surface area contributed by atoms with Gasteiger partial charge in [-0.3, -0.25) is 4.79 Å². The maximum absolute atomic E-state index is 11.9. The minimum atomic E-state index is -0.321. The number of carbonyl (C=O) groups is 1. The fourth-order valence-corrected chi connectivity index (χ4v) is 1.64. The number of nitrogens with one attached hydrogen (secondary N) is 1. The molecule has 1 amide bonds. The molecule has 0 unspecified atom stereocenters. The van der Waals surface area contributed by atoms with Crippen LogP contribution in [0.25, 0.3) is 0 Å². The van der Waals surface area contributed by atoms with E-state index in [4.69, 9.17) is 9.68 Å². The number of oxime groups is 2. The minimum Gasteiger partial charge on any atom is -0.398 e. The van der Waals surface area contributed by atoms with Gasteiger partial charge in [-0.1, -0.05) is 34.6 Å². The fraction of sp³-hybridized carbons (Fsp3) is 0.357. The van der Waals surface area contributed by atoms with E-state index < -0.39 is 0 Å². The van der Waals surface area contributed by atoms with Gasteiger partial charge in [0.1, 0.15) is 13.7 Å². The van der Waals surface area contributed by atoms with Gasteiger partial charge in [-0.05, 0) is 18.9 Å². The van der Waals surface area contributed by atoms with E-state index in [1.807, 2.05) is 24.3 Å². The molecule has 1 aliphatic carbocycles. The number of carbonyl (C=O) groups excluding carboxylic acids is 1. The van der Waals surface area contributed by atoms with E-state index in [0.717, 1.165) is 12.0 Å². The molecule has 0 aromatic heterocycles. The zero-order valence-corrected chi connectivity index (χ0v) is 11.9. The summed E-state index contributed by atoms with van der Waals surface area (Å²) >= 11 is 0. The lowest BCUT2D eigenvalue weighted by Gasteiger charge is -2.11. The first kappa shape index (κ1) is 15.7. The lowest BCUT2D eigenvalue weighted by Crippen LogP contribution is -2.30. The van der Waals surface area contributed by atoms with Crippen LogP contribution < -0.4 is 5.32 Å². The highest BCUT2D eigenvalue weighted by Gasteiger charge is 2.20. The van der Waals surface area contributed by atoms with Gasteiger partial charge in [0.25, 0.3) is 5.91 Å². The topological polar surface area (TPSA) is 72.3 Å². The van der Waals surface area contributed by atoms with Crippen molar-refractivity contribution in [1.82, 2.24) is 5.32 Å². The molecule has 6 nitrogen and oxygen atoms in total. The van der Waals surface area contributed by atoms with E-state index in [1.54, 1.807) is 20.2 Å². The van der Waals surface area contributed by atoms with Crippen LogP contribution in [0.1, 0.15) is 13.3 Å². The van der Waals surface area contributed by atoms with E-state index in [-0.39, 0.29) is 18.2 Å². The van der Waals surface area contributed by atoms with Gasteiger partial charge in [-0.15, -0.1) is 0 Å². The molecule has 0 bridgehead atoms. The van der Waals surface area contributed by atoms with Crippen molar-refractivity contribution in [2.24, 2.45) is 10.3 Å². The SMILES string of the molecule is C/C=N/OCC1=CCC=CC=C1/C(=N\OC)C(=O)NC. The predicted octanol–water partition coefficient (Wildman–Crippen LogP) is 1.57. The van der Waals surface area contributed by atoms with E-state index in [2.05, 4.69) is 15.6 Å². The van der Waals surface area contributed by atoms with Crippen molar-refractivity contribution in [3.63, 3.8) is 0 Å². The van der Waals surface area contributed by atoms with Crippen LogP contribution in [0.2, 0.25) is 0 Å². The average molecular weight is 277 g/mol. The quantitative estimate of drug-likeness (QED) is 0.591. The number of rotatable bonds is 6. The van der Waals surface area contributed by atoms with Crippen molar-refractivity contribution in [3.05, 3.63) is 35.5 Å². The molecule has 0 saturated carbocycles. The fourth-order valence-electron chi connectivity index (χ4n) is 1.64. The van der Waals surface area contributed by atoms with Gasteiger partial charge in [0, 0.05) is 18.8 Å². The van der Waals surface area contributed by atoms with Gasteiger partial charge in [0.2, 0.25) is 0 Å². The number of nitrogens with zero attached hydrogens (tertiary/aromatic N) is 2. The first-order valence-electron chi connectivity index (χ1n) is 6.24. The third kappa shape index (κ3) is 4.38. The summed E-state index contributed by atoms with van der Waals surface area (Å²) in [6, 6.07) is 0. The summed E-state index contributed by atoms with van der Waals surface area (Å²) in [6.07, 6.45) is 9.93.